The van der Waals surface area contributed by atoms with Crippen molar-refractivity contribution in [3.63, 3.8) is 0 Å². The van der Waals surface area contributed by atoms with Crippen molar-refractivity contribution in [2.75, 3.05) is 80.9 Å². The summed E-state index contributed by atoms with van der Waals surface area (Å²) >= 11 is 0. The van der Waals surface area contributed by atoms with Crippen molar-refractivity contribution in [2.45, 2.75) is 247 Å². The zero-order valence-corrected chi connectivity index (χ0v) is 69.1. The minimum absolute atomic E-state index is 0. The first-order chi connectivity index (χ1) is 40.6. The first-order valence-corrected chi connectivity index (χ1v) is 33.9. The monoisotopic (exact) mass is 1520 g/mol. The van der Waals surface area contributed by atoms with Crippen molar-refractivity contribution >= 4 is 5.69 Å². The molecular weight excluding hydrogens is 1340 g/mol. The predicted molar refractivity (Wildman–Crippen MR) is 454 cm³/mol. The van der Waals surface area contributed by atoms with Crippen LogP contribution >= 0.6 is 0 Å². The summed E-state index contributed by atoms with van der Waals surface area (Å²) in [5.41, 5.74) is 14.6. The number of hydrogen-bond acceptors (Lipinski definition) is 20. The molecule has 13 rings (SSSR count). The summed E-state index contributed by atoms with van der Waals surface area (Å²) < 4.78 is 22.3. The molecule has 4 aromatic carbocycles. The van der Waals surface area contributed by atoms with Gasteiger partial charge in [-0.05, 0) is 224 Å². The van der Waals surface area contributed by atoms with E-state index < -0.39 is 0 Å². The molecule has 2 saturated heterocycles. The summed E-state index contributed by atoms with van der Waals surface area (Å²) in [7, 11) is 12.4. The number of ether oxygens (including phenoxy) is 4. The molecule has 0 aromatic heterocycles. The summed E-state index contributed by atoms with van der Waals surface area (Å²) in [6.07, 6.45) is 30.6. The van der Waals surface area contributed by atoms with Crippen molar-refractivity contribution < 1.29 is 73.7 Å². The van der Waals surface area contributed by atoms with E-state index in [0.29, 0.717) is 24.0 Å². The zero-order chi connectivity index (χ0) is 61.2. The summed E-state index contributed by atoms with van der Waals surface area (Å²) in [6, 6.07) is 31.2. The van der Waals surface area contributed by atoms with E-state index in [1.54, 1.807) is 0 Å². The third kappa shape index (κ3) is 56.3. The van der Waals surface area contributed by atoms with Gasteiger partial charge in [0, 0.05) is 60.4 Å². The SMILES string of the molecule is C1CCOC1.CC.CC.CC.CC.CC1CCC(N(C)C)CC1.CN1CCCC1.CNC.CNC1CCCCC1.Cc1ccc2c(c1)C1CCCCC1O2.N.N.N.N.N.N.N.N.N.N.N.Nc1ccc(-c2ccc3c(c2)C2CCCCC2O3)cc1.O.O.O.O.O.O.O.O.O.O.c1ccc2c(c1)CCO2. The van der Waals surface area contributed by atoms with Gasteiger partial charge in [-0.1, -0.05) is 149 Å². The lowest BCUT2D eigenvalue weighted by atomic mass is 9.82. The highest BCUT2D eigenvalue weighted by atomic mass is 16.5. The lowest BCUT2D eigenvalue weighted by Gasteiger charge is -2.30. The van der Waals surface area contributed by atoms with Gasteiger partial charge in [-0.25, -0.2) is 0 Å². The molecule has 4 aliphatic carbocycles. The van der Waals surface area contributed by atoms with Crippen LogP contribution in [0, 0.1) is 12.8 Å². The molecule has 4 aromatic rings. The van der Waals surface area contributed by atoms with Crippen LogP contribution in [0.1, 0.15) is 231 Å². The molecule has 104 heavy (non-hydrogen) atoms. The molecule has 0 radical (unpaired) electrons. The number of rotatable bonds is 3. The molecule has 0 spiro atoms. The Morgan fingerprint density at radius 2 is 0.827 bits per heavy atom. The van der Waals surface area contributed by atoms with E-state index >= 15 is 0 Å². The van der Waals surface area contributed by atoms with E-state index in [4.69, 9.17) is 24.7 Å². The van der Waals surface area contributed by atoms with Gasteiger partial charge in [0.05, 0.1) is 6.61 Å². The van der Waals surface area contributed by atoms with E-state index in [2.05, 4.69) is 117 Å². The van der Waals surface area contributed by atoms with E-state index in [-0.39, 0.29) is 122 Å². The Hall–Kier alpha value is -4.96. The van der Waals surface area contributed by atoms with Gasteiger partial charge < -0.3 is 168 Å². The number of benzene rings is 4. The highest BCUT2D eigenvalue weighted by Gasteiger charge is 2.37. The summed E-state index contributed by atoms with van der Waals surface area (Å²) in [6.45, 7) is 26.0. The molecule has 5 aliphatic heterocycles. The van der Waals surface area contributed by atoms with Crippen LogP contribution in [0.5, 0.6) is 17.2 Å². The Labute approximate surface area is 634 Å². The Balaban J connectivity index is -0.0000000428. The second kappa shape index (κ2) is 94.1. The van der Waals surface area contributed by atoms with Gasteiger partial charge in [0.15, 0.2) is 0 Å². The Kier molecular flexibility index (Phi) is 138. The van der Waals surface area contributed by atoms with Crippen molar-refractivity contribution in [1.29, 1.82) is 0 Å². The van der Waals surface area contributed by atoms with Gasteiger partial charge in [-0.3, -0.25) is 0 Å². The number of nitrogens with two attached hydrogens (primary N) is 1. The fraction of sp³-hybridized carbons (Fsp3) is 0.676. The highest BCUT2D eigenvalue weighted by molar-refractivity contribution is 5.68. The number of fused-ring (bicyclic) bond motifs is 7. The first kappa shape index (κ1) is 152. The molecule has 57 N–H and O–H groups in total. The maximum atomic E-state index is 6.10. The normalized spacial score (nSPS) is 18.0. The minimum Gasteiger partial charge on any atom is -0.493 e. The van der Waals surface area contributed by atoms with E-state index in [1.807, 2.05) is 99.8 Å². The maximum Gasteiger partial charge on any atom is 0.123 e. The first-order valence-electron chi connectivity index (χ1n) is 33.9. The highest BCUT2D eigenvalue weighted by Crippen LogP contribution is 2.47. The van der Waals surface area contributed by atoms with Crippen molar-refractivity contribution in [1.82, 2.24) is 88.1 Å². The Bertz CT molecular complexity index is 2200. The van der Waals surface area contributed by atoms with Crippen LogP contribution in [0.3, 0.4) is 0 Å². The topological polar surface area (TPSA) is 793 Å². The van der Waals surface area contributed by atoms with Crippen molar-refractivity contribution in [3.8, 4) is 28.4 Å². The van der Waals surface area contributed by atoms with Gasteiger partial charge in [0.2, 0.25) is 0 Å². The predicted octanol–water partition coefficient (Wildman–Crippen LogP) is 12.0. The van der Waals surface area contributed by atoms with Crippen LogP contribution < -0.4 is 98.2 Å². The van der Waals surface area contributed by atoms with Crippen LogP contribution in [-0.2, 0) is 11.2 Å². The molecule has 30 heteroatoms. The average Bonchev–Trinajstić information content (AvgIpc) is 1.64. The summed E-state index contributed by atoms with van der Waals surface area (Å²) in [5, 5.41) is 6.05. The van der Waals surface area contributed by atoms with E-state index in [9.17, 15) is 0 Å². The molecule has 30 nitrogen and oxygen atoms in total. The number of nitrogens with zero attached hydrogens (tertiary/aromatic N) is 2. The lowest BCUT2D eigenvalue weighted by molar-refractivity contribution is 0.164. The number of aryl methyl sites for hydroxylation is 1. The minimum atomic E-state index is 0. The molecule has 4 saturated carbocycles. The molecule has 5 heterocycles. The molecule has 4 unspecified atom stereocenters. The number of para-hydroxylation sites is 1. The van der Waals surface area contributed by atoms with Gasteiger partial charge in [-0.2, -0.15) is 0 Å². The van der Waals surface area contributed by atoms with Crippen LogP contribution in [0.15, 0.2) is 84.9 Å². The van der Waals surface area contributed by atoms with Crippen LogP contribution in [0.4, 0.5) is 5.69 Å². The third-order valence-corrected chi connectivity index (χ3v) is 16.7. The molecule has 640 valence electrons. The van der Waals surface area contributed by atoms with Gasteiger partial charge in [-0.15, -0.1) is 0 Å². The van der Waals surface area contributed by atoms with Gasteiger partial charge in [0.25, 0.3) is 0 Å². The van der Waals surface area contributed by atoms with E-state index in [1.165, 1.54) is 181 Å². The average molecular weight is 1520 g/mol. The quantitative estimate of drug-likeness (QED) is 0.0847. The van der Waals surface area contributed by atoms with Crippen molar-refractivity contribution in [3.05, 3.63) is 107 Å². The number of nitrogen functional groups attached to an aromatic ring is 1. The molecular formula is C74H180N16O14. The number of likely N-dealkylation sites (tertiary alicyclic amines) is 1. The molecule has 9 aliphatic rings. The second-order valence-corrected chi connectivity index (χ2v) is 23.0. The Morgan fingerprint density at radius 1 is 0.433 bits per heavy atom. The molecule has 6 fully saturated rings. The molecule has 0 bridgehead atoms. The van der Waals surface area contributed by atoms with Gasteiger partial charge in [0.1, 0.15) is 29.5 Å². The fourth-order valence-corrected chi connectivity index (χ4v) is 12.0. The largest absolute Gasteiger partial charge is 0.493 e. The number of nitrogens with one attached hydrogen (secondary N) is 2. The maximum absolute atomic E-state index is 6.10. The van der Waals surface area contributed by atoms with Crippen LogP contribution in [0.2, 0.25) is 0 Å². The second-order valence-electron chi connectivity index (χ2n) is 23.0. The summed E-state index contributed by atoms with van der Waals surface area (Å²) in [4.78, 5) is 4.73. The smallest absolute Gasteiger partial charge is 0.123 e. The van der Waals surface area contributed by atoms with E-state index in [0.717, 1.165) is 67.2 Å². The lowest BCUT2D eigenvalue weighted by Crippen LogP contribution is -2.31. The number of anilines is 1. The van der Waals surface area contributed by atoms with Gasteiger partial charge >= 0.3 is 0 Å². The standard InChI is InChI=1S/C18H19NO.C13H16O.C9H19N.C8H8O.C7H15N.C5H11N.C4H8O.C2H7N.4C2H6.11H3N.10H2O/c19-14-8-5-12(6-9-14)13-7-10-18-16(11-13)15-3-1-2-4-17(15)20-18;1-9-6-7-13-11(8-9)10-4-2-3-5-12(10)14-13;1-8-4-6-9(7-5-8)10(2)3;1-2-4-8-7(3-1)5-6-9-8;1-8-7-5-3-2-4-6-7;1-6-4-2-3-5-6;1-2-4-5-3-1;1-3-2;4*1-2;;;;;;;;;;;;;;;;;;;;;/h5-11,15,17H,1-4,19H2;6-8,10,12H,2-5H2,1H3;8-9H,4-7H2,1-3H3;1-4H,5-6H2;7-8H,2-6H2,1H3;2-5H2,1H3;1-4H2;3H,1-2H3;4*1-2H3;11*1H3;10*1H2. The summed E-state index contributed by atoms with van der Waals surface area (Å²) in [5.74, 6) is 5.59. The molecule has 4 atom stereocenters. The van der Waals surface area contributed by atoms with Crippen LogP contribution in [0.25, 0.3) is 11.1 Å². The molecule has 0 amide bonds. The van der Waals surface area contributed by atoms with Crippen molar-refractivity contribution in [2.24, 2.45) is 5.92 Å². The van der Waals surface area contributed by atoms with Crippen LogP contribution in [-0.4, -0.2) is 164 Å². The Morgan fingerprint density at radius 3 is 1.20 bits per heavy atom. The third-order valence-electron chi connectivity index (χ3n) is 16.7. The zero-order valence-electron chi connectivity index (χ0n) is 69.1. The fourth-order valence-electron chi connectivity index (χ4n) is 12.0. The number of hydrogen-bond donors (Lipinski definition) is 14.